The van der Waals surface area contributed by atoms with Crippen molar-refractivity contribution in [2.24, 2.45) is 5.10 Å². The van der Waals surface area contributed by atoms with Gasteiger partial charge in [-0.2, -0.15) is 10.1 Å². The third-order valence-corrected chi connectivity index (χ3v) is 4.53. The molecular formula is C21H18N2O3. The summed E-state index contributed by atoms with van der Waals surface area (Å²) in [5.41, 5.74) is 1.63. The Morgan fingerprint density at radius 3 is 2.46 bits per heavy atom. The molecule has 0 spiro atoms. The summed E-state index contributed by atoms with van der Waals surface area (Å²) < 4.78 is 5.23. The van der Waals surface area contributed by atoms with Crippen molar-refractivity contribution < 1.29 is 14.3 Å². The van der Waals surface area contributed by atoms with E-state index in [0.717, 1.165) is 16.1 Å². The van der Waals surface area contributed by atoms with Crippen molar-refractivity contribution in [1.29, 1.82) is 0 Å². The lowest BCUT2D eigenvalue weighted by Gasteiger charge is -2.31. The maximum atomic E-state index is 12.9. The fourth-order valence-corrected chi connectivity index (χ4v) is 3.10. The lowest BCUT2D eigenvalue weighted by molar-refractivity contribution is -0.0776. The average Bonchev–Trinajstić information content (AvgIpc) is 3.31. The van der Waals surface area contributed by atoms with Crippen LogP contribution >= 0.6 is 0 Å². The Balaban J connectivity index is 1.79. The third-order valence-electron chi connectivity index (χ3n) is 4.53. The van der Waals surface area contributed by atoms with Gasteiger partial charge in [-0.1, -0.05) is 60.2 Å². The molecule has 1 aromatic heterocycles. The van der Waals surface area contributed by atoms with Crippen LogP contribution in [0.2, 0.25) is 0 Å². The highest BCUT2D eigenvalue weighted by Gasteiger charge is 2.47. The fraction of sp³-hybridized carbons (Fsp3) is 0.143. The van der Waals surface area contributed by atoms with Gasteiger partial charge in [-0.3, -0.25) is 4.79 Å². The van der Waals surface area contributed by atoms with Crippen LogP contribution in [-0.4, -0.2) is 21.7 Å². The molecule has 1 unspecified atom stereocenters. The molecule has 2 heterocycles. The van der Waals surface area contributed by atoms with Crippen molar-refractivity contribution in [2.75, 3.05) is 0 Å². The number of aryl methyl sites for hydroxylation is 1. The number of rotatable bonds is 3. The molecule has 0 radical (unpaired) electrons. The minimum absolute atomic E-state index is 0.133. The van der Waals surface area contributed by atoms with Crippen LogP contribution in [0, 0.1) is 6.92 Å². The Morgan fingerprint density at radius 1 is 1.08 bits per heavy atom. The first-order valence-corrected chi connectivity index (χ1v) is 8.38. The smallest absolute Gasteiger partial charge is 0.312 e. The van der Waals surface area contributed by atoms with Gasteiger partial charge in [0.2, 0.25) is 0 Å². The van der Waals surface area contributed by atoms with Crippen molar-refractivity contribution in [3.05, 3.63) is 95.4 Å². The van der Waals surface area contributed by atoms with E-state index in [2.05, 4.69) is 5.10 Å². The van der Waals surface area contributed by atoms with E-state index in [1.807, 2.05) is 61.5 Å². The largest absolute Gasteiger partial charge is 0.459 e. The minimum Gasteiger partial charge on any atom is -0.459 e. The molecule has 5 nitrogen and oxygen atoms in total. The quantitative estimate of drug-likeness (QED) is 0.787. The van der Waals surface area contributed by atoms with Gasteiger partial charge in [-0.25, -0.2) is 0 Å². The van der Waals surface area contributed by atoms with Gasteiger partial charge >= 0.3 is 5.91 Å². The Labute approximate surface area is 151 Å². The number of hydrazone groups is 1. The van der Waals surface area contributed by atoms with E-state index in [9.17, 15) is 9.90 Å². The van der Waals surface area contributed by atoms with Crippen molar-refractivity contribution in [3.8, 4) is 0 Å². The van der Waals surface area contributed by atoms with Crippen LogP contribution in [0.25, 0.3) is 0 Å². The monoisotopic (exact) mass is 346 g/mol. The molecule has 1 amide bonds. The molecular weight excluding hydrogens is 328 g/mol. The Morgan fingerprint density at radius 2 is 1.81 bits per heavy atom. The van der Waals surface area contributed by atoms with Gasteiger partial charge < -0.3 is 9.52 Å². The third kappa shape index (κ3) is 2.72. The number of amides is 1. The number of carbonyl (C=O) groups is 1. The van der Waals surface area contributed by atoms with Gasteiger partial charge in [0, 0.05) is 12.0 Å². The van der Waals surface area contributed by atoms with E-state index in [1.54, 1.807) is 12.1 Å². The summed E-state index contributed by atoms with van der Waals surface area (Å²) in [6.07, 6.45) is 1.63. The normalized spacial score (nSPS) is 19.5. The Hall–Kier alpha value is -3.18. The molecule has 3 aromatic rings. The van der Waals surface area contributed by atoms with Crippen LogP contribution in [0.3, 0.4) is 0 Å². The molecule has 1 aliphatic rings. The van der Waals surface area contributed by atoms with Gasteiger partial charge in [-0.05, 0) is 24.6 Å². The summed E-state index contributed by atoms with van der Waals surface area (Å²) in [5, 5.41) is 17.0. The Kier molecular flexibility index (Phi) is 3.93. The number of carbonyl (C=O) groups excluding carboxylic acids is 1. The molecule has 1 atom stereocenters. The summed E-state index contributed by atoms with van der Waals surface area (Å²) in [7, 11) is 0. The number of aliphatic hydroxyl groups is 1. The molecule has 26 heavy (non-hydrogen) atoms. The molecule has 1 aliphatic heterocycles. The number of nitrogens with zero attached hydrogens (tertiary/aromatic N) is 2. The minimum atomic E-state index is -1.57. The number of benzene rings is 2. The average molecular weight is 346 g/mol. The fourth-order valence-electron chi connectivity index (χ4n) is 3.10. The molecule has 1 N–H and O–H groups in total. The predicted octanol–water partition coefficient (Wildman–Crippen LogP) is 3.68. The highest BCUT2D eigenvalue weighted by atomic mass is 16.4. The molecule has 0 saturated carbocycles. The van der Waals surface area contributed by atoms with Crippen LogP contribution < -0.4 is 0 Å². The number of furan rings is 1. The van der Waals surface area contributed by atoms with Gasteiger partial charge in [0.1, 0.15) is 0 Å². The number of hydrogen-bond acceptors (Lipinski definition) is 4. The van der Waals surface area contributed by atoms with E-state index in [4.69, 9.17) is 4.42 Å². The van der Waals surface area contributed by atoms with Crippen LogP contribution in [0.5, 0.6) is 0 Å². The lowest BCUT2D eigenvalue weighted by Crippen LogP contribution is -2.43. The van der Waals surface area contributed by atoms with E-state index >= 15 is 0 Å². The van der Waals surface area contributed by atoms with Crippen LogP contribution in [-0.2, 0) is 5.72 Å². The zero-order valence-corrected chi connectivity index (χ0v) is 14.3. The van der Waals surface area contributed by atoms with Crippen molar-refractivity contribution in [3.63, 3.8) is 0 Å². The second-order valence-corrected chi connectivity index (χ2v) is 6.37. The van der Waals surface area contributed by atoms with E-state index in [0.29, 0.717) is 11.3 Å². The van der Waals surface area contributed by atoms with Gasteiger partial charge in [-0.15, -0.1) is 0 Å². The second kappa shape index (κ2) is 6.28. The molecule has 0 saturated heterocycles. The van der Waals surface area contributed by atoms with Gasteiger partial charge in [0.25, 0.3) is 0 Å². The summed E-state index contributed by atoms with van der Waals surface area (Å²) in [6.45, 7) is 1.97. The van der Waals surface area contributed by atoms with Gasteiger partial charge in [0.15, 0.2) is 11.5 Å². The van der Waals surface area contributed by atoms with Crippen LogP contribution in [0.15, 0.2) is 82.5 Å². The van der Waals surface area contributed by atoms with Gasteiger partial charge in [0.05, 0.1) is 12.0 Å². The van der Waals surface area contributed by atoms with Crippen molar-refractivity contribution in [1.82, 2.24) is 5.01 Å². The van der Waals surface area contributed by atoms with E-state index in [-0.39, 0.29) is 12.2 Å². The van der Waals surface area contributed by atoms with E-state index in [1.165, 1.54) is 6.26 Å². The summed E-state index contributed by atoms with van der Waals surface area (Å²) in [4.78, 5) is 12.9. The topological polar surface area (TPSA) is 66.0 Å². The second-order valence-electron chi connectivity index (χ2n) is 6.37. The van der Waals surface area contributed by atoms with Crippen molar-refractivity contribution in [2.45, 2.75) is 19.1 Å². The summed E-state index contributed by atoms with van der Waals surface area (Å²) in [6, 6.07) is 20.2. The lowest BCUT2D eigenvalue weighted by atomic mass is 9.94. The maximum absolute atomic E-state index is 12.9. The zero-order chi connectivity index (χ0) is 18.1. The maximum Gasteiger partial charge on any atom is 0.312 e. The number of hydrogen-bond donors (Lipinski definition) is 1. The molecule has 4 rings (SSSR count). The molecule has 5 heteroatoms. The standard InChI is InChI=1S/C21H18N2O3/c1-15-9-11-17(12-10-15)21(25)14-18(16-6-3-2-4-7-16)22-23(21)20(24)19-8-5-13-26-19/h2-13,25H,14H2,1H3. The molecule has 130 valence electrons. The molecule has 0 fully saturated rings. The first-order valence-electron chi connectivity index (χ1n) is 8.38. The van der Waals surface area contributed by atoms with Crippen LogP contribution in [0.1, 0.15) is 33.7 Å². The highest BCUT2D eigenvalue weighted by molar-refractivity contribution is 6.04. The predicted molar refractivity (Wildman–Crippen MR) is 97.5 cm³/mol. The summed E-state index contributed by atoms with van der Waals surface area (Å²) >= 11 is 0. The molecule has 0 bridgehead atoms. The van der Waals surface area contributed by atoms with Crippen molar-refractivity contribution >= 4 is 11.6 Å². The Bertz CT molecular complexity index is 947. The first kappa shape index (κ1) is 16.3. The SMILES string of the molecule is Cc1ccc(C2(O)CC(c3ccccc3)=NN2C(=O)c2ccco2)cc1. The highest BCUT2D eigenvalue weighted by Crippen LogP contribution is 2.38. The summed E-state index contributed by atoms with van der Waals surface area (Å²) in [5.74, 6) is -0.349. The molecule has 2 aromatic carbocycles. The first-order chi connectivity index (χ1) is 12.6. The molecule has 0 aliphatic carbocycles. The van der Waals surface area contributed by atoms with E-state index < -0.39 is 11.6 Å². The van der Waals surface area contributed by atoms with Crippen LogP contribution in [0.4, 0.5) is 0 Å². The zero-order valence-electron chi connectivity index (χ0n) is 14.3.